The van der Waals surface area contributed by atoms with Crippen LogP contribution in [0.15, 0.2) is 30.3 Å². The Bertz CT molecular complexity index is 790. The Morgan fingerprint density at radius 3 is 2.58 bits per heavy atom. The Labute approximate surface area is 137 Å². The number of nitrogens with one attached hydrogen (secondary N) is 1. The highest BCUT2D eigenvalue weighted by atomic mass is 16.4. The Morgan fingerprint density at radius 2 is 1.92 bits per heavy atom. The van der Waals surface area contributed by atoms with E-state index in [4.69, 9.17) is 15.9 Å². The number of hydrogen-bond acceptors (Lipinski definition) is 5. The van der Waals surface area contributed by atoms with Crippen LogP contribution in [0, 0.1) is 0 Å². The van der Waals surface area contributed by atoms with Gasteiger partial charge in [-0.05, 0) is 18.6 Å². The van der Waals surface area contributed by atoms with Crippen LogP contribution in [0.2, 0.25) is 0 Å². The van der Waals surface area contributed by atoms with Gasteiger partial charge in [0.1, 0.15) is 6.04 Å². The molecule has 0 saturated heterocycles. The number of amides is 1. The smallest absolute Gasteiger partial charge is 0.326 e. The maximum Gasteiger partial charge on any atom is 0.326 e. The standard InChI is InChI=1S/C16H17N3O5/c17-11-3-1-2-9-4-5-10(18-15(9)11)8-13(20)19-12(16(23)24)6-7-14(21)22/h1-5,12H,6-8,17H2,(H,19,20)(H,21,22)(H,23,24). The molecule has 1 heterocycles. The molecule has 1 amide bonds. The van der Waals surface area contributed by atoms with Crippen molar-refractivity contribution >= 4 is 34.4 Å². The van der Waals surface area contributed by atoms with E-state index in [-0.39, 0.29) is 19.3 Å². The van der Waals surface area contributed by atoms with Gasteiger partial charge < -0.3 is 21.3 Å². The lowest BCUT2D eigenvalue weighted by Crippen LogP contribution is -2.41. The van der Waals surface area contributed by atoms with Gasteiger partial charge in [0, 0.05) is 11.8 Å². The highest BCUT2D eigenvalue weighted by molar-refractivity contribution is 5.90. The predicted molar refractivity (Wildman–Crippen MR) is 86.3 cm³/mol. The molecule has 1 atom stereocenters. The first-order valence-electron chi connectivity index (χ1n) is 7.25. The number of carbonyl (C=O) groups excluding carboxylic acids is 1. The van der Waals surface area contributed by atoms with E-state index in [2.05, 4.69) is 10.3 Å². The molecule has 2 aromatic rings. The summed E-state index contributed by atoms with van der Waals surface area (Å²) in [7, 11) is 0. The maximum absolute atomic E-state index is 12.0. The summed E-state index contributed by atoms with van der Waals surface area (Å²) in [5, 5.41) is 20.8. The number of fused-ring (bicyclic) bond motifs is 1. The van der Waals surface area contributed by atoms with E-state index in [0.29, 0.717) is 16.9 Å². The van der Waals surface area contributed by atoms with Gasteiger partial charge in [-0.2, -0.15) is 0 Å². The molecule has 126 valence electrons. The number of anilines is 1. The third-order valence-electron chi connectivity index (χ3n) is 3.43. The molecule has 8 nitrogen and oxygen atoms in total. The van der Waals surface area contributed by atoms with Crippen molar-refractivity contribution in [1.29, 1.82) is 0 Å². The van der Waals surface area contributed by atoms with Crippen LogP contribution >= 0.6 is 0 Å². The monoisotopic (exact) mass is 331 g/mol. The number of nitrogen functional groups attached to an aromatic ring is 1. The van der Waals surface area contributed by atoms with E-state index in [9.17, 15) is 14.4 Å². The molecule has 0 spiro atoms. The molecule has 0 aliphatic rings. The van der Waals surface area contributed by atoms with Crippen molar-refractivity contribution in [2.75, 3.05) is 5.73 Å². The third-order valence-corrected chi connectivity index (χ3v) is 3.43. The second-order valence-electron chi connectivity index (χ2n) is 5.29. The van der Waals surface area contributed by atoms with E-state index in [0.717, 1.165) is 5.39 Å². The zero-order valence-corrected chi connectivity index (χ0v) is 12.7. The zero-order chi connectivity index (χ0) is 17.7. The van der Waals surface area contributed by atoms with E-state index < -0.39 is 23.9 Å². The molecule has 24 heavy (non-hydrogen) atoms. The number of pyridine rings is 1. The van der Waals surface area contributed by atoms with Crippen molar-refractivity contribution in [3.63, 3.8) is 0 Å². The summed E-state index contributed by atoms with van der Waals surface area (Å²) < 4.78 is 0. The summed E-state index contributed by atoms with van der Waals surface area (Å²) in [6.07, 6.45) is -0.655. The largest absolute Gasteiger partial charge is 0.481 e. The minimum Gasteiger partial charge on any atom is -0.481 e. The molecular formula is C16H17N3O5. The van der Waals surface area contributed by atoms with E-state index >= 15 is 0 Å². The molecule has 1 aromatic carbocycles. The first kappa shape index (κ1) is 17.2. The topological polar surface area (TPSA) is 143 Å². The Morgan fingerprint density at radius 1 is 1.17 bits per heavy atom. The van der Waals surface area contributed by atoms with Gasteiger partial charge in [-0.25, -0.2) is 4.79 Å². The number of carbonyl (C=O) groups is 3. The molecule has 8 heteroatoms. The van der Waals surface area contributed by atoms with Gasteiger partial charge in [-0.15, -0.1) is 0 Å². The number of benzene rings is 1. The average Bonchev–Trinajstić information content (AvgIpc) is 2.51. The Kier molecular flexibility index (Phi) is 5.31. The first-order valence-corrected chi connectivity index (χ1v) is 7.25. The van der Waals surface area contributed by atoms with Crippen LogP contribution in [-0.2, 0) is 20.8 Å². The van der Waals surface area contributed by atoms with Crippen molar-refractivity contribution < 1.29 is 24.6 Å². The molecule has 0 aliphatic carbocycles. The number of nitrogens with two attached hydrogens (primary N) is 1. The number of carboxylic acids is 2. The van der Waals surface area contributed by atoms with Crippen molar-refractivity contribution in [2.24, 2.45) is 0 Å². The van der Waals surface area contributed by atoms with Crippen LogP contribution in [0.3, 0.4) is 0 Å². The molecule has 2 rings (SSSR count). The van der Waals surface area contributed by atoms with Crippen LogP contribution in [-0.4, -0.2) is 39.1 Å². The second kappa shape index (κ2) is 7.40. The first-order chi connectivity index (χ1) is 11.4. The minimum atomic E-state index is -1.28. The fraction of sp³-hybridized carbons (Fsp3) is 0.250. The fourth-order valence-corrected chi connectivity index (χ4v) is 2.24. The van der Waals surface area contributed by atoms with Gasteiger partial charge in [-0.1, -0.05) is 18.2 Å². The SMILES string of the molecule is Nc1cccc2ccc(CC(=O)NC(CCC(=O)O)C(=O)O)nc12. The number of rotatable bonds is 7. The van der Waals surface area contributed by atoms with E-state index in [1.54, 1.807) is 24.3 Å². The summed E-state index contributed by atoms with van der Waals surface area (Å²) in [4.78, 5) is 37.9. The van der Waals surface area contributed by atoms with Crippen molar-refractivity contribution in [2.45, 2.75) is 25.3 Å². The summed E-state index contributed by atoms with van der Waals surface area (Å²) in [6, 6.07) is 7.53. The number of carboxylic acid groups (broad SMARTS) is 2. The molecule has 0 fully saturated rings. The van der Waals surface area contributed by atoms with Crippen LogP contribution in [0.1, 0.15) is 18.5 Å². The second-order valence-corrected chi connectivity index (χ2v) is 5.29. The molecule has 1 aromatic heterocycles. The number of para-hydroxylation sites is 1. The molecule has 0 aliphatic heterocycles. The lowest BCUT2D eigenvalue weighted by Gasteiger charge is -2.13. The van der Waals surface area contributed by atoms with Crippen LogP contribution in [0.4, 0.5) is 5.69 Å². The quantitative estimate of drug-likeness (QED) is 0.549. The summed E-state index contributed by atoms with van der Waals surface area (Å²) in [5.41, 5.74) is 7.35. The predicted octanol–water partition coefficient (Wildman–Crippen LogP) is 0.794. The molecule has 0 saturated carbocycles. The lowest BCUT2D eigenvalue weighted by molar-refractivity contribution is -0.143. The van der Waals surface area contributed by atoms with Crippen molar-refractivity contribution in [1.82, 2.24) is 10.3 Å². The van der Waals surface area contributed by atoms with Crippen molar-refractivity contribution in [3.05, 3.63) is 36.0 Å². The Balaban J connectivity index is 2.06. The van der Waals surface area contributed by atoms with E-state index in [1.807, 2.05) is 6.07 Å². The Hall–Kier alpha value is -3.16. The maximum atomic E-state index is 12.0. The summed E-state index contributed by atoms with van der Waals surface area (Å²) in [6.45, 7) is 0. The molecule has 0 radical (unpaired) electrons. The minimum absolute atomic E-state index is 0.124. The highest BCUT2D eigenvalue weighted by Crippen LogP contribution is 2.19. The van der Waals surface area contributed by atoms with Crippen LogP contribution in [0.5, 0.6) is 0 Å². The number of aromatic nitrogens is 1. The number of hydrogen-bond donors (Lipinski definition) is 4. The van der Waals surface area contributed by atoms with Gasteiger partial charge in [0.25, 0.3) is 0 Å². The van der Waals surface area contributed by atoms with Crippen molar-refractivity contribution in [3.8, 4) is 0 Å². The molecular weight excluding hydrogens is 314 g/mol. The number of aliphatic carboxylic acids is 2. The fourth-order valence-electron chi connectivity index (χ4n) is 2.24. The summed E-state index contributed by atoms with van der Waals surface area (Å²) in [5.74, 6) is -2.95. The highest BCUT2D eigenvalue weighted by Gasteiger charge is 2.21. The molecule has 1 unspecified atom stereocenters. The average molecular weight is 331 g/mol. The van der Waals surface area contributed by atoms with Crippen LogP contribution in [0.25, 0.3) is 10.9 Å². The van der Waals surface area contributed by atoms with Gasteiger partial charge in [0.15, 0.2) is 0 Å². The third kappa shape index (κ3) is 4.42. The summed E-state index contributed by atoms with van der Waals surface area (Å²) >= 11 is 0. The number of nitrogens with zero attached hydrogens (tertiary/aromatic N) is 1. The normalized spacial score (nSPS) is 11.8. The van der Waals surface area contributed by atoms with E-state index in [1.165, 1.54) is 0 Å². The van der Waals surface area contributed by atoms with Crippen LogP contribution < -0.4 is 11.1 Å². The van der Waals surface area contributed by atoms with Gasteiger partial charge in [0.2, 0.25) is 5.91 Å². The zero-order valence-electron chi connectivity index (χ0n) is 12.7. The van der Waals surface area contributed by atoms with Gasteiger partial charge >= 0.3 is 11.9 Å². The van der Waals surface area contributed by atoms with Gasteiger partial charge in [-0.3, -0.25) is 14.6 Å². The lowest BCUT2D eigenvalue weighted by atomic mass is 10.1. The van der Waals surface area contributed by atoms with Gasteiger partial charge in [0.05, 0.1) is 23.3 Å². The molecule has 5 N–H and O–H groups in total. The molecule has 0 bridgehead atoms.